The Morgan fingerprint density at radius 2 is 1.86 bits per heavy atom. The first-order valence-electron chi connectivity index (χ1n) is 10.5. The van der Waals surface area contributed by atoms with Crippen molar-refractivity contribution in [1.29, 1.82) is 0 Å². The van der Waals surface area contributed by atoms with Gasteiger partial charge in [-0.25, -0.2) is 0 Å². The Kier molecular flexibility index (Phi) is 3.78. The number of para-hydroxylation sites is 1. The van der Waals surface area contributed by atoms with Crippen LogP contribution in [-0.2, 0) is 10.2 Å². The zero-order chi connectivity index (χ0) is 19.4. The molecule has 0 radical (unpaired) electrons. The van der Waals surface area contributed by atoms with E-state index in [0.717, 1.165) is 29.8 Å². The van der Waals surface area contributed by atoms with Gasteiger partial charge in [0.25, 0.3) is 0 Å². The SMILES string of the molecule is O=C1N(CCCNC2CCC2)c2ccccc2C12COc1cc3c(cc12)OCO3. The van der Waals surface area contributed by atoms with E-state index >= 15 is 0 Å². The van der Waals surface area contributed by atoms with Gasteiger partial charge in [-0.1, -0.05) is 24.6 Å². The molecule has 1 aliphatic carbocycles. The highest BCUT2D eigenvalue weighted by Gasteiger charge is 2.57. The van der Waals surface area contributed by atoms with Crippen LogP contribution in [0.15, 0.2) is 36.4 Å². The molecule has 3 heterocycles. The lowest BCUT2D eigenvalue weighted by Gasteiger charge is -2.27. The molecule has 0 aromatic heterocycles. The van der Waals surface area contributed by atoms with Crippen LogP contribution < -0.4 is 24.4 Å². The molecule has 1 unspecified atom stereocenters. The van der Waals surface area contributed by atoms with Crippen molar-refractivity contribution in [2.45, 2.75) is 37.1 Å². The van der Waals surface area contributed by atoms with Gasteiger partial charge in [0.1, 0.15) is 17.8 Å². The first-order chi connectivity index (χ1) is 14.3. The van der Waals surface area contributed by atoms with E-state index in [0.29, 0.717) is 36.4 Å². The second-order valence-electron chi connectivity index (χ2n) is 8.31. The fourth-order valence-electron chi connectivity index (χ4n) is 4.94. The van der Waals surface area contributed by atoms with Crippen molar-refractivity contribution in [3.05, 3.63) is 47.5 Å². The number of hydrogen-bond donors (Lipinski definition) is 1. The number of benzene rings is 2. The van der Waals surface area contributed by atoms with E-state index in [1.54, 1.807) is 0 Å². The molecule has 2 aromatic carbocycles. The van der Waals surface area contributed by atoms with Gasteiger partial charge >= 0.3 is 0 Å². The fraction of sp³-hybridized carbons (Fsp3) is 0.435. The van der Waals surface area contributed by atoms with Crippen LogP contribution in [0.5, 0.6) is 17.2 Å². The Morgan fingerprint density at radius 1 is 1.03 bits per heavy atom. The van der Waals surface area contributed by atoms with Crippen molar-refractivity contribution in [2.24, 2.45) is 0 Å². The maximum atomic E-state index is 13.8. The molecule has 3 aliphatic heterocycles. The predicted octanol–water partition coefficient (Wildman–Crippen LogP) is 2.97. The molecule has 1 N–H and O–H groups in total. The minimum Gasteiger partial charge on any atom is -0.491 e. The van der Waals surface area contributed by atoms with Gasteiger partial charge in [-0.15, -0.1) is 0 Å². The Hall–Kier alpha value is -2.73. The summed E-state index contributed by atoms with van der Waals surface area (Å²) in [4.78, 5) is 15.7. The average molecular weight is 392 g/mol. The number of ether oxygens (including phenoxy) is 3. The molecular formula is C23H24N2O4. The van der Waals surface area contributed by atoms with Gasteiger partial charge in [-0.05, 0) is 43.5 Å². The van der Waals surface area contributed by atoms with Crippen LogP contribution in [0, 0.1) is 0 Å². The van der Waals surface area contributed by atoms with Crippen LogP contribution in [0.4, 0.5) is 5.69 Å². The van der Waals surface area contributed by atoms with E-state index in [9.17, 15) is 4.79 Å². The van der Waals surface area contributed by atoms with Gasteiger partial charge in [0.2, 0.25) is 12.7 Å². The summed E-state index contributed by atoms with van der Waals surface area (Å²) in [6.07, 6.45) is 4.81. The maximum absolute atomic E-state index is 13.8. The molecule has 0 saturated heterocycles. The number of amides is 1. The molecule has 1 fully saturated rings. The Bertz CT molecular complexity index is 987. The van der Waals surface area contributed by atoms with Crippen LogP contribution >= 0.6 is 0 Å². The van der Waals surface area contributed by atoms with Crippen LogP contribution in [0.1, 0.15) is 36.8 Å². The van der Waals surface area contributed by atoms with Crippen LogP contribution in [0.25, 0.3) is 0 Å². The Balaban J connectivity index is 1.33. The maximum Gasteiger partial charge on any atom is 0.245 e. The molecule has 6 nitrogen and oxygen atoms in total. The zero-order valence-corrected chi connectivity index (χ0v) is 16.3. The van der Waals surface area contributed by atoms with E-state index in [4.69, 9.17) is 14.2 Å². The van der Waals surface area contributed by atoms with E-state index in [-0.39, 0.29) is 12.7 Å². The van der Waals surface area contributed by atoms with Gasteiger partial charge in [0, 0.05) is 29.9 Å². The molecule has 29 heavy (non-hydrogen) atoms. The zero-order valence-electron chi connectivity index (χ0n) is 16.3. The third-order valence-corrected chi connectivity index (χ3v) is 6.74. The lowest BCUT2D eigenvalue weighted by molar-refractivity contribution is -0.122. The largest absolute Gasteiger partial charge is 0.491 e. The molecule has 0 bridgehead atoms. The lowest BCUT2D eigenvalue weighted by Crippen LogP contribution is -2.43. The van der Waals surface area contributed by atoms with Gasteiger partial charge in [-0.2, -0.15) is 0 Å². The number of nitrogens with zero attached hydrogens (tertiary/aromatic N) is 1. The first-order valence-corrected chi connectivity index (χ1v) is 10.5. The molecule has 6 rings (SSSR count). The summed E-state index contributed by atoms with van der Waals surface area (Å²) < 4.78 is 17.1. The number of nitrogens with one attached hydrogen (secondary N) is 1. The molecule has 4 aliphatic rings. The number of anilines is 1. The van der Waals surface area contributed by atoms with E-state index in [1.165, 1.54) is 19.3 Å². The van der Waals surface area contributed by atoms with E-state index < -0.39 is 5.41 Å². The third-order valence-electron chi connectivity index (χ3n) is 6.74. The second kappa shape index (κ2) is 6.39. The monoisotopic (exact) mass is 392 g/mol. The molecule has 1 atom stereocenters. The van der Waals surface area contributed by atoms with Gasteiger partial charge in [0.05, 0.1) is 0 Å². The van der Waals surface area contributed by atoms with Crippen molar-refractivity contribution in [3.8, 4) is 17.2 Å². The minimum absolute atomic E-state index is 0.0972. The standard InChI is InChI=1S/C23H24N2O4/c26-22-23(13-27-19-12-21-20(11-17(19)23)28-14-29-21)16-7-1-2-8-18(16)25(22)10-4-9-24-15-5-3-6-15/h1-2,7-8,11-12,15,24H,3-6,9-10,13-14H2. The highest BCUT2D eigenvalue weighted by atomic mass is 16.7. The Labute approximate surface area is 169 Å². The summed E-state index contributed by atoms with van der Waals surface area (Å²) in [6.45, 7) is 2.17. The second-order valence-corrected chi connectivity index (χ2v) is 8.31. The van der Waals surface area contributed by atoms with Gasteiger partial charge in [0.15, 0.2) is 11.5 Å². The molecule has 150 valence electrons. The number of carbonyl (C=O) groups excluding carboxylic acids is 1. The average Bonchev–Trinajstić information content (AvgIpc) is 3.37. The number of rotatable bonds is 5. The first kappa shape index (κ1) is 17.2. The minimum atomic E-state index is -0.797. The van der Waals surface area contributed by atoms with Gasteiger partial charge < -0.3 is 24.4 Å². The predicted molar refractivity (Wildman–Crippen MR) is 108 cm³/mol. The van der Waals surface area contributed by atoms with Crippen molar-refractivity contribution in [3.63, 3.8) is 0 Å². The normalized spacial score (nSPS) is 23.9. The Morgan fingerprint density at radius 3 is 2.69 bits per heavy atom. The molecule has 1 amide bonds. The number of hydrogen-bond acceptors (Lipinski definition) is 5. The summed E-state index contributed by atoms with van der Waals surface area (Å²) in [7, 11) is 0. The van der Waals surface area contributed by atoms with Crippen molar-refractivity contribution in [2.75, 3.05) is 31.4 Å². The van der Waals surface area contributed by atoms with E-state index in [1.807, 2.05) is 35.2 Å². The highest BCUT2D eigenvalue weighted by Crippen LogP contribution is 2.54. The lowest BCUT2D eigenvalue weighted by atomic mass is 9.77. The smallest absolute Gasteiger partial charge is 0.245 e. The molecule has 6 heteroatoms. The van der Waals surface area contributed by atoms with Crippen molar-refractivity contribution < 1.29 is 19.0 Å². The molecule has 2 aromatic rings. The summed E-state index contributed by atoms with van der Waals surface area (Å²) in [5, 5.41) is 3.59. The quantitative estimate of drug-likeness (QED) is 0.793. The van der Waals surface area contributed by atoms with Crippen molar-refractivity contribution in [1.82, 2.24) is 5.32 Å². The topological polar surface area (TPSA) is 60.0 Å². The van der Waals surface area contributed by atoms with Gasteiger partial charge in [-0.3, -0.25) is 4.79 Å². The number of fused-ring (bicyclic) bond motifs is 5. The summed E-state index contributed by atoms with van der Waals surface area (Å²) in [5.41, 5.74) is 2.10. The fourth-order valence-corrected chi connectivity index (χ4v) is 4.94. The molecular weight excluding hydrogens is 368 g/mol. The summed E-state index contributed by atoms with van der Waals surface area (Å²) in [6, 6.07) is 12.6. The van der Waals surface area contributed by atoms with Crippen LogP contribution in [0.2, 0.25) is 0 Å². The summed E-state index contributed by atoms with van der Waals surface area (Å²) in [5.74, 6) is 2.17. The van der Waals surface area contributed by atoms with Crippen molar-refractivity contribution >= 4 is 11.6 Å². The molecule has 1 saturated carbocycles. The third kappa shape index (κ3) is 2.42. The van der Waals surface area contributed by atoms with Crippen LogP contribution in [-0.4, -0.2) is 38.4 Å². The highest BCUT2D eigenvalue weighted by molar-refractivity contribution is 6.11. The van der Waals surface area contributed by atoms with Crippen LogP contribution in [0.3, 0.4) is 0 Å². The van der Waals surface area contributed by atoms with E-state index in [2.05, 4.69) is 11.4 Å². The molecule has 1 spiro atoms. The summed E-state index contributed by atoms with van der Waals surface area (Å²) >= 11 is 0. The number of carbonyl (C=O) groups is 1.